The number of anilines is 1. The molecule has 0 amide bonds. The predicted octanol–water partition coefficient (Wildman–Crippen LogP) is 1.67. The number of aryl methyl sites for hydroxylation is 2. The molecule has 0 aromatic carbocycles. The number of nitrogens with zero attached hydrogens (tertiary/aromatic N) is 2. The molecule has 0 aliphatic carbocycles. The van der Waals surface area contributed by atoms with Crippen LogP contribution in [0.25, 0.3) is 11.1 Å². The van der Waals surface area contributed by atoms with Crippen molar-refractivity contribution in [2.75, 3.05) is 5.73 Å². The molecule has 3 N–H and O–H groups in total. The van der Waals surface area contributed by atoms with Gasteiger partial charge < -0.3 is 5.73 Å². The highest BCUT2D eigenvalue weighted by atomic mass is 15.1. The second kappa shape index (κ2) is 3.14. The van der Waals surface area contributed by atoms with Gasteiger partial charge in [-0.05, 0) is 31.5 Å². The van der Waals surface area contributed by atoms with Crippen molar-refractivity contribution in [1.82, 2.24) is 15.2 Å². The monoisotopic (exact) mass is 188 g/mol. The summed E-state index contributed by atoms with van der Waals surface area (Å²) in [5.74, 6) is 0.593. The molecule has 0 aliphatic heterocycles. The van der Waals surface area contributed by atoms with Crippen molar-refractivity contribution >= 4 is 5.82 Å². The first-order chi connectivity index (χ1) is 6.66. The Hall–Kier alpha value is -1.84. The number of nitrogens with one attached hydrogen (secondary N) is 1. The number of aromatic amines is 1. The van der Waals surface area contributed by atoms with Crippen LogP contribution < -0.4 is 5.73 Å². The van der Waals surface area contributed by atoms with Crippen LogP contribution >= 0.6 is 0 Å². The third-order valence-corrected chi connectivity index (χ3v) is 2.06. The van der Waals surface area contributed by atoms with E-state index in [0.29, 0.717) is 5.82 Å². The fourth-order valence-electron chi connectivity index (χ4n) is 1.52. The summed E-state index contributed by atoms with van der Waals surface area (Å²) >= 11 is 0. The van der Waals surface area contributed by atoms with E-state index in [2.05, 4.69) is 15.2 Å². The minimum absolute atomic E-state index is 0.593. The van der Waals surface area contributed by atoms with E-state index in [4.69, 9.17) is 5.73 Å². The second-order valence-corrected chi connectivity index (χ2v) is 3.34. The lowest BCUT2D eigenvalue weighted by molar-refractivity contribution is 1.10. The van der Waals surface area contributed by atoms with Gasteiger partial charge in [-0.25, -0.2) is 0 Å². The zero-order chi connectivity index (χ0) is 10.1. The smallest absolute Gasteiger partial charge is 0.126 e. The molecule has 4 nitrogen and oxygen atoms in total. The third-order valence-electron chi connectivity index (χ3n) is 2.06. The first-order valence-corrected chi connectivity index (χ1v) is 4.41. The van der Waals surface area contributed by atoms with Crippen molar-refractivity contribution in [1.29, 1.82) is 0 Å². The summed E-state index contributed by atoms with van der Waals surface area (Å²) in [6.45, 7) is 3.93. The van der Waals surface area contributed by atoms with Gasteiger partial charge in [0.2, 0.25) is 0 Å². The van der Waals surface area contributed by atoms with Crippen LogP contribution in [-0.4, -0.2) is 15.2 Å². The lowest BCUT2D eigenvalue weighted by Crippen LogP contribution is -1.91. The normalized spacial score (nSPS) is 10.4. The van der Waals surface area contributed by atoms with Crippen LogP contribution in [-0.2, 0) is 0 Å². The van der Waals surface area contributed by atoms with E-state index >= 15 is 0 Å². The first-order valence-electron chi connectivity index (χ1n) is 4.41. The molecule has 0 unspecified atom stereocenters. The Morgan fingerprint density at radius 3 is 2.36 bits per heavy atom. The minimum Gasteiger partial charge on any atom is -0.384 e. The first kappa shape index (κ1) is 8.74. The van der Waals surface area contributed by atoms with Crippen molar-refractivity contribution in [3.8, 4) is 11.1 Å². The van der Waals surface area contributed by atoms with Gasteiger partial charge in [-0.1, -0.05) is 0 Å². The molecule has 0 fully saturated rings. The van der Waals surface area contributed by atoms with E-state index in [0.717, 1.165) is 22.5 Å². The summed E-state index contributed by atoms with van der Waals surface area (Å²) in [6, 6.07) is 3.99. The number of aromatic nitrogens is 3. The van der Waals surface area contributed by atoms with E-state index < -0.39 is 0 Å². The zero-order valence-corrected chi connectivity index (χ0v) is 8.20. The van der Waals surface area contributed by atoms with Crippen LogP contribution in [0.3, 0.4) is 0 Å². The molecule has 0 bridgehead atoms. The van der Waals surface area contributed by atoms with Gasteiger partial charge in [0.15, 0.2) is 0 Å². The molecule has 0 aliphatic rings. The number of hydrogen-bond donors (Lipinski definition) is 2. The standard InChI is InChI=1S/C10H12N4/c1-6-3-8(4-7(2)13-6)9-5-12-14-10(9)11/h3-5H,1-2H3,(H3,11,12,14). The van der Waals surface area contributed by atoms with Gasteiger partial charge in [0.25, 0.3) is 0 Å². The molecular weight excluding hydrogens is 176 g/mol. The van der Waals surface area contributed by atoms with Crippen LogP contribution in [0.2, 0.25) is 0 Å². The van der Waals surface area contributed by atoms with Gasteiger partial charge in [-0.2, -0.15) is 5.10 Å². The number of rotatable bonds is 1. The Morgan fingerprint density at radius 2 is 1.86 bits per heavy atom. The molecule has 0 saturated carbocycles. The number of nitrogens with two attached hydrogens (primary N) is 1. The van der Waals surface area contributed by atoms with Gasteiger partial charge in [-0.3, -0.25) is 10.1 Å². The largest absolute Gasteiger partial charge is 0.384 e. The molecule has 2 rings (SSSR count). The van der Waals surface area contributed by atoms with Crippen LogP contribution in [0, 0.1) is 13.8 Å². The Labute approximate surface area is 82.2 Å². The molecule has 2 aromatic heterocycles. The minimum atomic E-state index is 0.593. The van der Waals surface area contributed by atoms with Gasteiger partial charge >= 0.3 is 0 Å². The number of pyridine rings is 1. The molecule has 2 heterocycles. The molecule has 0 radical (unpaired) electrons. The van der Waals surface area contributed by atoms with E-state index in [1.807, 2.05) is 26.0 Å². The molecule has 72 valence electrons. The van der Waals surface area contributed by atoms with Crippen LogP contribution in [0.15, 0.2) is 18.3 Å². The van der Waals surface area contributed by atoms with Gasteiger partial charge in [-0.15, -0.1) is 0 Å². The Bertz CT molecular complexity index is 439. The van der Waals surface area contributed by atoms with Crippen molar-refractivity contribution < 1.29 is 0 Å². The summed E-state index contributed by atoms with van der Waals surface area (Å²) in [4.78, 5) is 4.30. The Kier molecular flexibility index (Phi) is 1.96. The lowest BCUT2D eigenvalue weighted by atomic mass is 10.1. The topological polar surface area (TPSA) is 67.6 Å². The fraction of sp³-hybridized carbons (Fsp3) is 0.200. The van der Waals surface area contributed by atoms with Gasteiger partial charge in [0.05, 0.1) is 6.20 Å². The summed E-state index contributed by atoms with van der Waals surface area (Å²) in [7, 11) is 0. The highest BCUT2D eigenvalue weighted by Gasteiger charge is 2.05. The zero-order valence-electron chi connectivity index (χ0n) is 8.20. The fourth-order valence-corrected chi connectivity index (χ4v) is 1.52. The van der Waals surface area contributed by atoms with Crippen LogP contribution in [0.5, 0.6) is 0 Å². The van der Waals surface area contributed by atoms with E-state index in [1.54, 1.807) is 6.20 Å². The molecule has 14 heavy (non-hydrogen) atoms. The summed E-state index contributed by atoms with van der Waals surface area (Å²) in [5, 5.41) is 6.60. The van der Waals surface area contributed by atoms with E-state index in [1.165, 1.54) is 0 Å². The molecule has 2 aromatic rings. The number of nitrogen functional groups attached to an aromatic ring is 1. The molecule has 0 atom stereocenters. The number of H-pyrrole nitrogens is 1. The number of hydrogen-bond acceptors (Lipinski definition) is 3. The van der Waals surface area contributed by atoms with E-state index in [9.17, 15) is 0 Å². The van der Waals surface area contributed by atoms with Crippen molar-refractivity contribution in [3.63, 3.8) is 0 Å². The summed E-state index contributed by atoms with van der Waals surface area (Å²) in [5.41, 5.74) is 9.69. The van der Waals surface area contributed by atoms with E-state index in [-0.39, 0.29) is 0 Å². The SMILES string of the molecule is Cc1cc(-c2cn[nH]c2N)cc(C)n1. The lowest BCUT2D eigenvalue weighted by Gasteiger charge is -2.02. The van der Waals surface area contributed by atoms with Crippen molar-refractivity contribution in [2.45, 2.75) is 13.8 Å². The van der Waals surface area contributed by atoms with Crippen LogP contribution in [0.1, 0.15) is 11.4 Å². The third kappa shape index (κ3) is 1.46. The highest BCUT2D eigenvalue weighted by Crippen LogP contribution is 2.24. The average molecular weight is 188 g/mol. The second-order valence-electron chi connectivity index (χ2n) is 3.34. The molecule has 0 saturated heterocycles. The average Bonchev–Trinajstić information content (AvgIpc) is 2.49. The maximum absolute atomic E-state index is 5.73. The highest BCUT2D eigenvalue weighted by molar-refractivity contribution is 5.73. The quantitative estimate of drug-likeness (QED) is 0.715. The molecule has 0 spiro atoms. The van der Waals surface area contributed by atoms with Crippen molar-refractivity contribution in [2.24, 2.45) is 0 Å². The van der Waals surface area contributed by atoms with Gasteiger partial charge in [0.1, 0.15) is 5.82 Å². The molecule has 4 heteroatoms. The van der Waals surface area contributed by atoms with Crippen LogP contribution in [0.4, 0.5) is 5.82 Å². The van der Waals surface area contributed by atoms with Crippen molar-refractivity contribution in [3.05, 3.63) is 29.7 Å². The van der Waals surface area contributed by atoms with Gasteiger partial charge in [0, 0.05) is 17.0 Å². The summed E-state index contributed by atoms with van der Waals surface area (Å²) < 4.78 is 0. The predicted molar refractivity (Wildman–Crippen MR) is 55.7 cm³/mol. The Morgan fingerprint density at radius 1 is 1.21 bits per heavy atom. The summed E-state index contributed by atoms with van der Waals surface area (Å²) in [6.07, 6.45) is 1.73. The maximum atomic E-state index is 5.73. The molecular formula is C10H12N4. The maximum Gasteiger partial charge on any atom is 0.126 e. The Balaban J connectivity index is 2.57.